The van der Waals surface area contributed by atoms with E-state index >= 15 is 0 Å². The van der Waals surface area contributed by atoms with Crippen LogP contribution in [-0.4, -0.2) is 9.55 Å². The van der Waals surface area contributed by atoms with Gasteiger partial charge in [-0.05, 0) is 18.2 Å². The fraction of sp³-hybridized carbons (Fsp3) is 0.0909. The Labute approximate surface area is 104 Å². The van der Waals surface area contributed by atoms with Gasteiger partial charge in [0.05, 0.1) is 5.69 Å². The number of nitrogens with one attached hydrogen (secondary N) is 1. The Hall–Kier alpha value is -2.51. The molecule has 1 heterocycles. The molecule has 0 bridgehead atoms. The summed E-state index contributed by atoms with van der Waals surface area (Å²) < 4.78 is 37.8. The predicted octanol–water partition coefficient (Wildman–Crippen LogP) is 1.13. The average Bonchev–Trinajstić information content (AvgIpc) is 2.26. The molecule has 2 rings (SSSR count). The van der Waals surface area contributed by atoms with Crippen LogP contribution in [0.2, 0.25) is 0 Å². The molecule has 2 aromatic rings. The summed E-state index contributed by atoms with van der Waals surface area (Å²) in [5.41, 5.74) is 2.22. The molecule has 0 radical (unpaired) electrons. The first-order valence-electron chi connectivity index (χ1n) is 5.08. The number of anilines is 1. The quantitative estimate of drug-likeness (QED) is 0.763. The normalized spacial score (nSPS) is 11.5. The highest BCUT2D eigenvalue weighted by Gasteiger charge is 2.33. The topological polar surface area (TPSA) is 80.9 Å². The van der Waals surface area contributed by atoms with Crippen molar-refractivity contribution in [3.8, 4) is 5.69 Å². The van der Waals surface area contributed by atoms with Gasteiger partial charge in [-0.1, -0.05) is 6.07 Å². The Balaban J connectivity index is 2.68. The van der Waals surface area contributed by atoms with Crippen molar-refractivity contribution in [3.05, 3.63) is 56.9 Å². The SMILES string of the molecule is Nc1cccc(-n2c(=O)cc(C(F)(F)F)[nH]c2=O)c1. The van der Waals surface area contributed by atoms with E-state index in [4.69, 9.17) is 5.73 Å². The van der Waals surface area contributed by atoms with Crippen LogP contribution in [0.15, 0.2) is 39.9 Å². The summed E-state index contributed by atoms with van der Waals surface area (Å²) in [7, 11) is 0. The lowest BCUT2D eigenvalue weighted by atomic mass is 10.3. The molecule has 100 valence electrons. The van der Waals surface area contributed by atoms with E-state index in [0.29, 0.717) is 10.6 Å². The van der Waals surface area contributed by atoms with E-state index in [2.05, 4.69) is 0 Å². The molecule has 0 aliphatic carbocycles. The number of aromatic nitrogens is 2. The van der Waals surface area contributed by atoms with E-state index in [1.165, 1.54) is 24.3 Å². The lowest BCUT2D eigenvalue weighted by Gasteiger charge is -2.09. The van der Waals surface area contributed by atoms with Gasteiger partial charge in [0.25, 0.3) is 5.56 Å². The van der Waals surface area contributed by atoms with Gasteiger partial charge >= 0.3 is 11.9 Å². The second-order valence-electron chi connectivity index (χ2n) is 3.75. The molecule has 0 aliphatic rings. The molecule has 1 aromatic carbocycles. The Morgan fingerprint density at radius 3 is 2.37 bits per heavy atom. The Morgan fingerprint density at radius 1 is 1.16 bits per heavy atom. The lowest BCUT2D eigenvalue weighted by molar-refractivity contribution is -0.141. The Morgan fingerprint density at radius 2 is 1.84 bits per heavy atom. The Kier molecular flexibility index (Phi) is 2.93. The van der Waals surface area contributed by atoms with E-state index in [-0.39, 0.29) is 11.4 Å². The number of rotatable bonds is 1. The van der Waals surface area contributed by atoms with Crippen LogP contribution in [0.25, 0.3) is 5.69 Å². The van der Waals surface area contributed by atoms with Gasteiger partial charge in [-0.15, -0.1) is 0 Å². The minimum atomic E-state index is -4.78. The molecular formula is C11H8F3N3O2. The van der Waals surface area contributed by atoms with Crippen LogP contribution < -0.4 is 17.0 Å². The molecule has 3 N–H and O–H groups in total. The Bertz CT molecular complexity index is 700. The molecule has 0 saturated carbocycles. The molecule has 19 heavy (non-hydrogen) atoms. The van der Waals surface area contributed by atoms with Crippen LogP contribution in [0.5, 0.6) is 0 Å². The number of hydrogen-bond donors (Lipinski definition) is 2. The van der Waals surface area contributed by atoms with Crippen molar-refractivity contribution >= 4 is 5.69 Å². The number of nitrogens with two attached hydrogens (primary N) is 1. The van der Waals surface area contributed by atoms with Gasteiger partial charge in [0.1, 0.15) is 5.69 Å². The third kappa shape index (κ3) is 2.51. The van der Waals surface area contributed by atoms with Gasteiger partial charge in [0.15, 0.2) is 0 Å². The molecule has 0 fully saturated rings. The summed E-state index contributed by atoms with van der Waals surface area (Å²) >= 11 is 0. The summed E-state index contributed by atoms with van der Waals surface area (Å²) in [6.07, 6.45) is -4.78. The van der Waals surface area contributed by atoms with Gasteiger partial charge in [-0.2, -0.15) is 13.2 Å². The number of H-pyrrole nitrogens is 1. The maximum atomic E-state index is 12.4. The van der Waals surface area contributed by atoms with Crippen molar-refractivity contribution in [2.75, 3.05) is 5.73 Å². The van der Waals surface area contributed by atoms with Gasteiger partial charge in [-0.3, -0.25) is 4.79 Å². The second kappa shape index (κ2) is 4.30. The van der Waals surface area contributed by atoms with Crippen molar-refractivity contribution in [2.24, 2.45) is 0 Å². The van der Waals surface area contributed by atoms with Crippen molar-refractivity contribution < 1.29 is 13.2 Å². The molecule has 0 unspecified atom stereocenters. The minimum Gasteiger partial charge on any atom is -0.399 e. The van der Waals surface area contributed by atoms with Crippen LogP contribution in [0.1, 0.15) is 5.69 Å². The lowest BCUT2D eigenvalue weighted by Crippen LogP contribution is -2.35. The fourth-order valence-corrected chi connectivity index (χ4v) is 1.56. The minimum absolute atomic E-state index is 0.0972. The number of nitrogen functional groups attached to an aromatic ring is 1. The first kappa shape index (κ1) is 12.9. The highest BCUT2D eigenvalue weighted by molar-refractivity contribution is 5.47. The number of aromatic amines is 1. The maximum absolute atomic E-state index is 12.4. The molecule has 8 heteroatoms. The van der Waals surface area contributed by atoms with Gasteiger partial charge in [0.2, 0.25) is 0 Å². The first-order valence-corrected chi connectivity index (χ1v) is 5.08. The summed E-state index contributed by atoms with van der Waals surface area (Å²) in [6, 6.07) is 6.02. The second-order valence-corrected chi connectivity index (χ2v) is 3.75. The molecule has 0 atom stereocenters. The summed E-state index contributed by atoms with van der Waals surface area (Å²) in [4.78, 5) is 24.8. The zero-order valence-electron chi connectivity index (χ0n) is 9.36. The van der Waals surface area contributed by atoms with Crippen LogP contribution in [0, 0.1) is 0 Å². The van der Waals surface area contributed by atoms with Crippen LogP contribution in [-0.2, 0) is 6.18 Å². The molecular weight excluding hydrogens is 263 g/mol. The van der Waals surface area contributed by atoms with Crippen molar-refractivity contribution in [1.29, 1.82) is 0 Å². The van der Waals surface area contributed by atoms with Gasteiger partial charge < -0.3 is 10.7 Å². The number of nitrogens with zero attached hydrogens (tertiary/aromatic N) is 1. The molecule has 0 aliphatic heterocycles. The molecule has 0 amide bonds. The molecule has 0 spiro atoms. The highest BCUT2D eigenvalue weighted by Crippen LogP contribution is 2.25. The van der Waals surface area contributed by atoms with E-state index in [9.17, 15) is 22.8 Å². The zero-order valence-corrected chi connectivity index (χ0v) is 9.36. The zero-order chi connectivity index (χ0) is 14.2. The van der Waals surface area contributed by atoms with Crippen LogP contribution in [0.3, 0.4) is 0 Å². The first-order chi connectivity index (χ1) is 8.79. The van der Waals surface area contributed by atoms with E-state index in [1.54, 1.807) is 4.98 Å². The fourth-order valence-electron chi connectivity index (χ4n) is 1.56. The number of hydrogen-bond acceptors (Lipinski definition) is 3. The standard InChI is InChI=1S/C11H8F3N3O2/c12-11(13,14)8-5-9(18)17(10(19)16-8)7-3-1-2-6(15)4-7/h1-5H,15H2,(H,16,19). The highest BCUT2D eigenvalue weighted by atomic mass is 19.4. The number of alkyl halides is 3. The van der Waals surface area contributed by atoms with E-state index in [1.807, 2.05) is 0 Å². The van der Waals surface area contributed by atoms with Crippen molar-refractivity contribution in [1.82, 2.24) is 9.55 Å². The largest absolute Gasteiger partial charge is 0.431 e. The molecule has 5 nitrogen and oxygen atoms in total. The molecule has 1 aromatic heterocycles. The van der Waals surface area contributed by atoms with Crippen molar-refractivity contribution in [2.45, 2.75) is 6.18 Å². The third-order valence-corrected chi connectivity index (χ3v) is 2.37. The maximum Gasteiger partial charge on any atom is 0.431 e. The number of benzene rings is 1. The third-order valence-electron chi connectivity index (χ3n) is 2.37. The average molecular weight is 271 g/mol. The smallest absolute Gasteiger partial charge is 0.399 e. The summed E-state index contributed by atoms with van der Waals surface area (Å²) in [5, 5.41) is 0. The van der Waals surface area contributed by atoms with Gasteiger partial charge in [-0.25, -0.2) is 9.36 Å². The van der Waals surface area contributed by atoms with Gasteiger partial charge in [0, 0.05) is 11.8 Å². The summed E-state index contributed by atoms with van der Waals surface area (Å²) in [6.45, 7) is 0. The van der Waals surface area contributed by atoms with E-state index < -0.39 is 23.1 Å². The predicted molar refractivity (Wildman–Crippen MR) is 62.1 cm³/mol. The van der Waals surface area contributed by atoms with Crippen LogP contribution >= 0.6 is 0 Å². The monoisotopic (exact) mass is 271 g/mol. The molecule has 0 saturated heterocycles. The van der Waals surface area contributed by atoms with Crippen molar-refractivity contribution in [3.63, 3.8) is 0 Å². The van der Waals surface area contributed by atoms with E-state index in [0.717, 1.165) is 0 Å². The summed E-state index contributed by atoms with van der Waals surface area (Å²) in [5.74, 6) is 0. The number of halogens is 3. The van der Waals surface area contributed by atoms with Crippen LogP contribution in [0.4, 0.5) is 18.9 Å².